The summed E-state index contributed by atoms with van der Waals surface area (Å²) in [5.41, 5.74) is 0.428. The van der Waals surface area contributed by atoms with Crippen molar-refractivity contribution in [3.63, 3.8) is 0 Å². The minimum Gasteiger partial charge on any atom is -0.272 e. The molecular formula is C20H16N2O9S2. The average molecular weight is 492 g/mol. The summed E-state index contributed by atoms with van der Waals surface area (Å²) in [5, 5.41) is 0.879. The van der Waals surface area contributed by atoms with E-state index in [1.165, 1.54) is 36.4 Å². The molecule has 2 aromatic rings. The van der Waals surface area contributed by atoms with Crippen LogP contribution in [0.25, 0.3) is 0 Å². The molecule has 4 rings (SSSR count). The van der Waals surface area contributed by atoms with E-state index in [1.54, 1.807) is 6.07 Å². The summed E-state index contributed by atoms with van der Waals surface area (Å²) in [6.45, 7) is 0.0188. The Balaban J connectivity index is 1.46. The smallest absolute Gasteiger partial charge is 0.272 e. The average Bonchev–Trinajstić information content (AvgIpc) is 3.30. The SMILES string of the molecule is O=C1C(c2ccc(S(=O)(=O)ON3C(=O)C=CC3=O)cc2)CCN1OS(=O)(=O)c1ccccc1. The lowest BCUT2D eigenvalue weighted by molar-refractivity contribution is -0.161. The van der Waals surface area contributed by atoms with Gasteiger partial charge in [-0.2, -0.15) is 16.8 Å². The number of hydroxylamine groups is 4. The Kier molecular flexibility index (Phi) is 5.88. The second-order valence-corrected chi connectivity index (χ2v) is 10.1. The van der Waals surface area contributed by atoms with Crippen molar-refractivity contribution in [3.05, 3.63) is 72.3 Å². The summed E-state index contributed by atoms with van der Waals surface area (Å²) in [5.74, 6) is -3.20. The molecule has 0 bridgehead atoms. The summed E-state index contributed by atoms with van der Waals surface area (Å²) < 4.78 is 59.0. The van der Waals surface area contributed by atoms with Crippen LogP contribution in [0.5, 0.6) is 0 Å². The van der Waals surface area contributed by atoms with Crippen molar-refractivity contribution in [2.45, 2.75) is 22.1 Å². The van der Waals surface area contributed by atoms with Crippen LogP contribution in [-0.4, -0.2) is 51.2 Å². The number of amides is 3. The first-order valence-electron chi connectivity index (χ1n) is 9.50. The number of hydrogen-bond donors (Lipinski definition) is 0. The molecule has 0 saturated carbocycles. The molecule has 2 aromatic carbocycles. The summed E-state index contributed by atoms with van der Waals surface area (Å²) in [4.78, 5) is 35.3. The van der Waals surface area contributed by atoms with Gasteiger partial charge < -0.3 is 0 Å². The fraction of sp³-hybridized carbons (Fsp3) is 0.150. The van der Waals surface area contributed by atoms with Gasteiger partial charge in [0.05, 0.1) is 22.3 Å². The number of imide groups is 1. The van der Waals surface area contributed by atoms with Crippen molar-refractivity contribution in [2.75, 3.05) is 6.54 Å². The third-order valence-electron chi connectivity index (χ3n) is 4.90. The minimum atomic E-state index is -4.48. The Morgan fingerprint density at radius 3 is 1.88 bits per heavy atom. The Morgan fingerprint density at radius 2 is 1.27 bits per heavy atom. The number of carbonyl (C=O) groups is 3. The van der Waals surface area contributed by atoms with Crippen LogP contribution in [-0.2, 0) is 43.2 Å². The largest absolute Gasteiger partial charge is 0.318 e. The second-order valence-electron chi connectivity index (χ2n) is 7.03. The molecule has 33 heavy (non-hydrogen) atoms. The highest BCUT2D eigenvalue weighted by atomic mass is 32.2. The van der Waals surface area contributed by atoms with E-state index in [4.69, 9.17) is 4.28 Å². The Hall–Kier alpha value is -3.39. The number of nitrogens with zero attached hydrogens (tertiary/aromatic N) is 2. The predicted molar refractivity (Wildman–Crippen MR) is 109 cm³/mol. The molecule has 1 unspecified atom stereocenters. The zero-order valence-corrected chi connectivity index (χ0v) is 18.4. The first-order chi connectivity index (χ1) is 15.6. The van der Waals surface area contributed by atoms with E-state index in [9.17, 15) is 31.2 Å². The summed E-state index contributed by atoms with van der Waals surface area (Å²) in [6.07, 6.45) is 1.99. The van der Waals surface area contributed by atoms with Gasteiger partial charge in [0.15, 0.2) is 0 Å². The predicted octanol–water partition coefficient (Wildman–Crippen LogP) is 0.868. The van der Waals surface area contributed by atoms with Crippen molar-refractivity contribution in [3.8, 4) is 0 Å². The lowest BCUT2D eigenvalue weighted by atomic mass is 9.98. The van der Waals surface area contributed by atoms with E-state index in [0.717, 1.165) is 29.3 Å². The molecule has 0 spiro atoms. The van der Waals surface area contributed by atoms with Gasteiger partial charge in [-0.15, -0.1) is 13.6 Å². The zero-order valence-electron chi connectivity index (χ0n) is 16.7. The monoisotopic (exact) mass is 492 g/mol. The molecule has 1 fully saturated rings. The van der Waals surface area contributed by atoms with Gasteiger partial charge in [-0.25, -0.2) is 5.06 Å². The molecular weight excluding hydrogens is 476 g/mol. The topological polar surface area (TPSA) is 144 Å². The molecule has 0 aliphatic carbocycles. The van der Waals surface area contributed by atoms with Crippen molar-refractivity contribution < 1.29 is 39.8 Å². The molecule has 3 amide bonds. The summed E-state index contributed by atoms with van der Waals surface area (Å²) >= 11 is 0. The number of carbonyl (C=O) groups excluding carboxylic acids is 3. The maximum absolute atomic E-state index is 12.7. The van der Waals surface area contributed by atoms with E-state index in [1.807, 2.05) is 0 Å². The van der Waals surface area contributed by atoms with Crippen LogP contribution in [0.4, 0.5) is 0 Å². The van der Waals surface area contributed by atoms with Gasteiger partial charge >= 0.3 is 20.2 Å². The highest BCUT2D eigenvalue weighted by Crippen LogP contribution is 2.31. The quantitative estimate of drug-likeness (QED) is 0.514. The molecule has 11 nitrogen and oxygen atoms in total. The van der Waals surface area contributed by atoms with Crippen LogP contribution in [0.2, 0.25) is 0 Å². The third kappa shape index (κ3) is 4.57. The fourth-order valence-electron chi connectivity index (χ4n) is 3.25. The zero-order chi connectivity index (χ0) is 23.8. The van der Waals surface area contributed by atoms with E-state index in [0.29, 0.717) is 5.56 Å². The van der Waals surface area contributed by atoms with E-state index in [2.05, 4.69) is 4.28 Å². The normalized spacial score (nSPS) is 19.0. The Labute approximate surface area is 189 Å². The van der Waals surface area contributed by atoms with Gasteiger partial charge in [-0.1, -0.05) is 30.3 Å². The lowest BCUT2D eigenvalue weighted by Crippen LogP contribution is -2.32. The van der Waals surface area contributed by atoms with Gasteiger partial charge in [0.1, 0.15) is 0 Å². The Morgan fingerprint density at radius 1 is 0.727 bits per heavy atom. The maximum Gasteiger partial charge on any atom is 0.318 e. The van der Waals surface area contributed by atoms with Crippen molar-refractivity contribution >= 4 is 38.0 Å². The molecule has 172 valence electrons. The molecule has 2 aliphatic rings. The van der Waals surface area contributed by atoms with Crippen molar-refractivity contribution in [2.24, 2.45) is 0 Å². The number of rotatable bonds is 7. The summed E-state index contributed by atoms with van der Waals surface area (Å²) in [6, 6.07) is 12.4. The van der Waals surface area contributed by atoms with E-state index in [-0.39, 0.29) is 27.8 Å². The molecule has 0 radical (unpaired) electrons. The van der Waals surface area contributed by atoms with Gasteiger partial charge in [0, 0.05) is 12.2 Å². The number of hydrogen-bond acceptors (Lipinski definition) is 9. The minimum absolute atomic E-state index is 0.0188. The first kappa shape index (κ1) is 22.8. The highest BCUT2D eigenvalue weighted by molar-refractivity contribution is 7.87. The van der Waals surface area contributed by atoms with Crippen LogP contribution in [0.15, 0.2) is 76.5 Å². The van der Waals surface area contributed by atoms with Crippen LogP contribution in [0, 0.1) is 0 Å². The van der Waals surface area contributed by atoms with Crippen LogP contribution >= 0.6 is 0 Å². The van der Waals surface area contributed by atoms with Crippen LogP contribution in [0.3, 0.4) is 0 Å². The standard InChI is InChI=1S/C20H16N2O9S2/c23-18-10-11-19(24)22(18)31-33(28,29)16-8-6-14(7-9-16)17-12-13-21(20(17)25)30-32(26,27)15-4-2-1-3-5-15/h1-11,17H,12-13H2. The number of benzene rings is 2. The second kappa shape index (κ2) is 8.51. The van der Waals surface area contributed by atoms with Gasteiger partial charge in [-0.3, -0.25) is 14.4 Å². The summed E-state index contributed by atoms with van der Waals surface area (Å²) in [7, 11) is -8.67. The molecule has 2 aliphatic heterocycles. The van der Waals surface area contributed by atoms with Crippen LogP contribution in [0.1, 0.15) is 17.9 Å². The van der Waals surface area contributed by atoms with Gasteiger partial charge in [0.2, 0.25) is 0 Å². The molecule has 1 atom stereocenters. The molecule has 13 heteroatoms. The van der Waals surface area contributed by atoms with Crippen molar-refractivity contribution in [1.29, 1.82) is 0 Å². The molecule has 0 N–H and O–H groups in total. The fourth-order valence-corrected chi connectivity index (χ4v) is 5.11. The lowest BCUT2D eigenvalue weighted by Gasteiger charge is -2.16. The van der Waals surface area contributed by atoms with E-state index >= 15 is 0 Å². The van der Waals surface area contributed by atoms with Crippen LogP contribution < -0.4 is 0 Å². The molecule has 2 heterocycles. The van der Waals surface area contributed by atoms with E-state index < -0.39 is 43.9 Å². The highest BCUT2D eigenvalue weighted by Gasteiger charge is 2.37. The van der Waals surface area contributed by atoms with Crippen molar-refractivity contribution in [1.82, 2.24) is 10.1 Å². The Bertz CT molecular complexity index is 1330. The van der Waals surface area contributed by atoms with Gasteiger partial charge in [0.25, 0.3) is 17.7 Å². The maximum atomic E-state index is 12.7. The molecule has 0 aromatic heterocycles. The third-order valence-corrected chi connectivity index (χ3v) is 7.32. The first-order valence-corrected chi connectivity index (χ1v) is 12.3. The molecule has 1 saturated heterocycles. The van der Waals surface area contributed by atoms with Gasteiger partial charge in [-0.05, 0) is 36.2 Å².